The van der Waals surface area contributed by atoms with Gasteiger partial charge in [-0.25, -0.2) is 13.2 Å². The molecule has 8 nitrogen and oxygen atoms in total. The Morgan fingerprint density at radius 2 is 1.63 bits per heavy atom. The second-order valence-electron chi connectivity index (χ2n) is 7.03. The highest BCUT2D eigenvalue weighted by molar-refractivity contribution is 7.92. The van der Waals surface area contributed by atoms with E-state index < -0.39 is 40.2 Å². The van der Waals surface area contributed by atoms with Gasteiger partial charge in [0.1, 0.15) is 5.75 Å². The van der Waals surface area contributed by atoms with Crippen molar-refractivity contribution in [1.82, 2.24) is 0 Å². The zero-order chi connectivity index (χ0) is 25.6. The molecule has 0 radical (unpaired) electrons. The van der Waals surface area contributed by atoms with Gasteiger partial charge in [-0.05, 0) is 54.6 Å². The summed E-state index contributed by atoms with van der Waals surface area (Å²) in [4.78, 5) is 23.8. The lowest BCUT2D eigenvalue weighted by Crippen LogP contribution is -2.21. The Labute approximate surface area is 198 Å². The predicted molar refractivity (Wildman–Crippen MR) is 121 cm³/mol. The van der Waals surface area contributed by atoms with Gasteiger partial charge in [0.2, 0.25) is 0 Å². The fraction of sp³-hybridized carbons (Fsp3) is 0.130. The molecule has 0 saturated heterocycles. The van der Waals surface area contributed by atoms with Crippen LogP contribution >= 0.6 is 0 Å². The van der Waals surface area contributed by atoms with Crippen molar-refractivity contribution in [2.24, 2.45) is 0 Å². The zero-order valence-corrected chi connectivity index (χ0v) is 18.9. The number of alkyl halides is 3. The summed E-state index contributed by atoms with van der Waals surface area (Å²) < 4.78 is 75.7. The monoisotopic (exact) mass is 508 g/mol. The number of benzene rings is 3. The van der Waals surface area contributed by atoms with E-state index in [1.165, 1.54) is 49.6 Å². The summed E-state index contributed by atoms with van der Waals surface area (Å²) in [7, 11) is -2.96. The molecule has 0 aliphatic heterocycles. The number of anilines is 2. The van der Waals surface area contributed by atoms with Crippen LogP contribution in [0, 0.1) is 0 Å². The van der Waals surface area contributed by atoms with Crippen LogP contribution < -0.4 is 14.8 Å². The first-order valence-electron chi connectivity index (χ1n) is 9.90. The van der Waals surface area contributed by atoms with Crippen molar-refractivity contribution >= 4 is 33.3 Å². The van der Waals surface area contributed by atoms with E-state index in [2.05, 4.69) is 14.8 Å². The van der Waals surface area contributed by atoms with Gasteiger partial charge in [-0.1, -0.05) is 18.2 Å². The highest BCUT2D eigenvalue weighted by atomic mass is 32.2. The Morgan fingerprint density at radius 3 is 2.29 bits per heavy atom. The van der Waals surface area contributed by atoms with Crippen LogP contribution in [0.1, 0.15) is 15.9 Å². The van der Waals surface area contributed by atoms with Gasteiger partial charge in [0.25, 0.3) is 15.9 Å². The third-order valence-corrected chi connectivity index (χ3v) is 5.95. The number of carbonyl (C=O) groups excluding carboxylic acids is 2. The number of ether oxygens (including phenoxy) is 2. The third kappa shape index (κ3) is 6.73. The Kier molecular flexibility index (Phi) is 7.65. The molecule has 12 heteroatoms. The smallest absolute Gasteiger partial charge is 0.416 e. The molecule has 0 saturated carbocycles. The summed E-state index contributed by atoms with van der Waals surface area (Å²) in [5, 5.41) is 2.52. The minimum Gasteiger partial charge on any atom is -0.484 e. The molecular weight excluding hydrogens is 489 g/mol. The fourth-order valence-corrected chi connectivity index (χ4v) is 3.95. The van der Waals surface area contributed by atoms with E-state index in [0.29, 0.717) is 6.07 Å². The lowest BCUT2D eigenvalue weighted by atomic mass is 10.2. The Bertz CT molecular complexity index is 1330. The Balaban J connectivity index is 1.62. The van der Waals surface area contributed by atoms with Crippen molar-refractivity contribution in [3.63, 3.8) is 0 Å². The summed E-state index contributed by atoms with van der Waals surface area (Å²) in [6.45, 7) is -0.440. The van der Waals surface area contributed by atoms with Crippen LogP contribution in [0.2, 0.25) is 0 Å². The predicted octanol–water partition coefficient (Wildman–Crippen LogP) is 4.31. The van der Waals surface area contributed by atoms with Gasteiger partial charge in [-0.2, -0.15) is 13.2 Å². The molecule has 3 aromatic rings. The third-order valence-electron chi connectivity index (χ3n) is 4.55. The number of hydrogen-bond acceptors (Lipinski definition) is 6. The van der Waals surface area contributed by atoms with Crippen molar-refractivity contribution in [3.05, 3.63) is 83.9 Å². The van der Waals surface area contributed by atoms with E-state index in [4.69, 9.17) is 4.74 Å². The number of amides is 1. The molecule has 3 aromatic carbocycles. The van der Waals surface area contributed by atoms with Crippen molar-refractivity contribution in [3.8, 4) is 5.75 Å². The number of carbonyl (C=O) groups is 2. The lowest BCUT2D eigenvalue weighted by molar-refractivity contribution is -0.137. The number of esters is 1. The zero-order valence-electron chi connectivity index (χ0n) is 18.1. The number of hydrogen-bond donors (Lipinski definition) is 2. The molecule has 184 valence electrons. The minimum atomic E-state index is -4.62. The Hall–Kier alpha value is -4.06. The number of rotatable bonds is 8. The molecule has 0 unspecified atom stereocenters. The number of sulfonamides is 1. The van der Waals surface area contributed by atoms with Crippen LogP contribution in [0.25, 0.3) is 0 Å². The van der Waals surface area contributed by atoms with E-state index in [9.17, 15) is 31.2 Å². The number of nitrogens with one attached hydrogen (secondary N) is 2. The molecular formula is C23H19F3N2O6S. The molecule has 0 aromatic heterocycles. The SMILES string of the molecule is COC(=O)c1ccccc1NC(=O)COc1ccc(S(=O)(=O)Nc2cccc(C(F)(F)F)c2)cc1. The van der Waals surface area contributed by atoms with E-state index in [-0.39, 0.29) is 27.6 Å². The average Bonchev–Trinajstić information content (AvgIpc) is 2.82. The van der Waals surface area contributed by atoms with Gasteiger partial charge in [-0.3, -0.25) is 9.52 Å². The summed E-state index contributed by atoms with van der Waals surface area (Å²) in [5.74, 6) is -1.04. The molecule has 35 heavy (non-hydrogen) atoms. The lowest BCUT2D eigenvalue weighted by Gasteiger charge is -2.12. The summed E-state index contributed by atoms with van der Waals surface area (Å²) in [6, 6.07) is 15.0. The second kappa shape index (κ2) is 10.5. The maximum absolute atomic E-state index is 12.9. The molecule has 0 spiro atoms. The van der Waals surface area contributed by atoms with Gasteiger partial charge in [-0.15, -0.1) is 0 Å². The quantitative estimate of drug-likeness (QED) is 0.439. The second-order valence-corrected chi connectivity index (χ2v) is 8.71. The van der Waals surface area contributed by atoms with Crippen LogP contribution in [0.3, 0.4) is 0 Å². The normalized spacial score (nSPS) is 11.4. The van der Waals surface area contributed by atoms with E-state index in [1.54, 1.807) is 12.1 Å². The highest BCUT2D eigenvalue weighted by Crippen LogP contribution is 2.31. The fourth-order valence-electron chi connectivity index (χ4n) is 2.90. The van der Waals surface area contributed by atoms with E-state index >= 15 is 0 Å². The largest absolute Gasteiger partial charge is 0.484 e. The number of methoxy groups -OCH3 is 1. The first-order chi connectivity index (χ1) is 16.5. The van der Waals surface area contributed by atoms with Gasteiger partial charge >= 0.3 is 12.1 Å². The summed E-state index contributed by atoms with van der Waals surface area (Å²) >= 11 is 0. The van der Waals surface area contributed by atoms with Crippen LogP contribution in [0.15, 0.2) is 77.7 Å². The van der Waals surface area contributed by atoms with Crippen LogP contribution in [0.4, 0.5) is 24.5 Å². The average molecular weight is 508 g/mol. The molecule has 0 fully saturated rings. The molecule has 3 rings (SSSR count). The Morgan fingerprint density at radius 1 is 0.943 bits per heavy atom. The van der Waals surface area contributed by atoms with Crippen LogP contribution in [0.5, 0.6) is 5.75 Å². The van der Waals surface area contributed by atoms with Crippen molar-refractivity contribution < 1.29 is 40.7 Å². The number of halogens is 3. The maximum atomic E-state index is 12.9. The molecule has 2 N–H and O–H groups in total. The van der Waals surface area contributed by atoms with Gasteiger partial charge in [0.05, 0.1) is 28.8 Å². The molecule has 1 amide bonds. The topological polar surface area (TPSA) is 111 Å². The van der Waals surface area contributed by atoms with Gasteiger partial charge in [0.15, 0.2) is 6.61 Å². The van der Waals surface area contributed by atoms with Crippen molar-refractivity contribution in [1.29, 1.82) is 0 Å². The minimum absolute atomic E-state index is 0.158. The first-order valence-corrected chi connectivity index (χ1v) is 11.4. The number of para-hydroxylation sites is 1. The molecule has 0 heterocycles. The molecule has 0 atom stereocenters. The molecule has 0 aliphatic rings. The van der Waals surface area contributed by atoms with E-state index in [0.717, 1.165) is 12.1 Å². The van der Waals surface area contributed by atoms with Gasteiger partial charge in [0, 0.05) is 5.69 Å². The van der Waals surface area contributed by atoms with Crippen molar-refractivity contribution in [2.75, 3.05) is 23.8 Å². The summed E-state index contributed by atoms with van der Waals surface area (Å²) in [5.41, 5.74) is -0.848. The van der Waals surface area contributed by atoms with Gasteiger partial charge < -0.3 is 14.8 Å². The van der Waals surface area contributed by atoms with Crippen LogP contribution in [-0.2, 0) is 25.7 Å². The maximum Gasteiger partial charge on any atom is 0.416 e. The van der Waals surface area contributed by atoms with Crippen LogP contribution in [-0.4, -0.2) is 34.0 Å². The molecule has 0 aliphatic carbocycles. The molecule has 0 bridgehead atoms. The standard InChI is InChI=1S/C23H19F3N2O6S/c1-33-22(30)19-7-2-3-8-20(19)27-21(29)14-34-17-9-11-18(12-10-17)35(31,32)28-16-6-4-5-15(13-16)23(24,25)26/h2-13,28H,14H2,1H3,(H,27,29). The van der Waals surface area contributed by atoms with Crippen molar-refractivity contribution in [2.45, 2.75) is 11.1 Å². The van der Waals surface area contributed by atoms with E-state index in [1.807, 2.05) is 0 Å². The first kappa shape index (κ1) is 25.6. The summed E-state index contributed by atoms with van der Waals surface area (Å²) in [6.07, 6.45) is -4.62. The highest BCUT2D eigenvalue weighted by Gasteiger charge is 2.30.